The van der Waals surface area contributed by atoms with E-state index in [1.54, 1.807) is 0 Å². The normalized spacial score (nSPS) is 13.6. The molecular weight excluding hydrogens is 380 g/mol. The lowest BCUT2D eigenvalue weighted by atomic mass is 9.97. The second-order valence-corrected chi connectivity index (χ2v) is 7.92. The number of nitrogens with zero attached hydrogens (tertiary/aromatic N) is 6. The van der Waals surface area contributed by atoms with Crippen molar-refractivity contribution in [1.82, 2.24) is 0 Å². The number of azide groups is 2. The molecule has 30 heavy (non-hydrogen) atoms. The molecule has 2 aromatic rings. The molecule has 0 spiro atoms. The summed E-state index contributed by atoms with van der Waals surface area (Å²) in [5, 5.41) is 7.65. The fourth-order valence-corrected chi connectivity index (χ4v) is 3.01. The van der Waals surface area contributed by atoms with E-state index in [-0.39, 0.29) is 13.2 Å². The SMILES string of the molecule is CC(C)(OC[C@H](N=[N+]=[N-])[C@H](COC(C)(C)c1ccccc1)N=[N+]=[N-])c1ccccc1. The maximum absolute atomic E-state index is 9.03. The Labute approximate surface area is 177 Å². The van der Waals surface area contributed by atoms with Crippen LogP contribution in [-0.4, -0.2) is 25.3 Å². The molecule has 0 N–H and O–H groups in total. The average molecular weight is 409 g/mol. The van der Waals surface area contributed by atoms with Crippen molar-refractivity contribution in [3.05, 3.63) is 92.7 Å². The molecule has 2 rings (SSSR count). The van der Waals surface area contributed by atoms with Crippen LogP contribution in [0.2, 0.25) is 0 Å². The van der Waals surface area contributed by atoms with Crippen LogP contribution in [0.3, 0.4) is 0 Å². The van der Waals surface area contributed by atoms with Crippen LogP contribution < -0.4 is 0 Å². The van der Waals surface area contributed by atoms with Gasteiger partial charge in [0.05, 0.1) is 36.5 Å². The van der Waals surface area contributed by atoms with E-state index in [0.29, 0.717) is 0 Å². The summed E-state index contributed by atoms with van der Waals surface area (Å²) in [5.41, 5.74) is 18.8. The van der Waals surface area contributed by atoms with Crippen molar-refractivity contribution >= 4 is 0 Å². The van der Waals surface area contributed by atoms with E-state index in [2.05, 4.69) is 20.1 Å². The minimum absolute atomic E-state index is 0.0881. The molecule has 2 atom stereocenters. The standard InChI is InChI=1S/C22H28N6O2/c1-21(2,17-11-7-5-8-12-17)29-15-19(25-27-23)20(26-28-24)16-30-22(3,4)18-13-9-6-10-14-18/h5-14,19-20H,15-16H2,1-4H3/t19-,20-/m0/s1. The Hall–Kier alpha value is -3.02. The van der Waals surface area contributed by atoms with Crippen LogP contribution in [0.5, 0.6) is 0 Å². The van der Waals surface area contributed by atoms with Gasteiger partial charge in [-0.05, 0) is 49.9 Å². The molecule has 0 unspecified atom stereocenters. The lowest BCUT2D eigenvalue weighted by Gasteiger charge is -2.31. The highest BCUT2D eigenvalue weighted by molar-refractivity contribution is 5.21. The van der Waals surface area contributed by atoms with Gasteiger partial charge in [0.25, 0.3) is 0 Å². The molecule has 0 aliphatic heterocycles. The van der Waals surface area contributed by atoms with E-state index in [0.717, 1.165) is 11.1 Å². The Morgan fingerprint density at radius 1 is 0.700 bits per heavy atom. The Balaban J connectivity index is 2.11. The predicted molar refractivity (Wildman–Crippen MR) is 117 cm³/mol. The first-order valence-electron chi connectivity index (χ1n) is 9.77. The zero-order chi connectivity index (χ0) is 22.0. The van der Waals surface area contributed by atoms with Crippen LogP contribution in [0.1, 0.15) is 38.8 Å². The van der Waals surface area contributed by atoms with Crippen LogP contribution in [0, 0.1) is 0 Å². The minimum atomic E-state index is -0.708. The number of benzene rings is 2. The molecule has 0 amide bonds. The van der Waals surface area contributed by atoms with Gasteiger partial charge in [0, 0.05) is 9.82 Å². The molecule has 0 saturated carbocycles. The van der Waals surface area contributed by atoms with Crippen LogP contribution in [0.4, 0.5) is 0 Å². The third-order valence-corrected chi connectivity index (χ3v) is 5.01. The molecule has 0 saturated heterocycles. The van der Waals surface area contributed by atoms with Crippen molar-refractivity contribution in [3.8, 4) is 0 Å². The van der Waals surface area contributed by atoms with Gasteiger partial charge < -0.3 is 9.47 Å². The highest BCUT2D eigenvalue weighted by Gasteiger charge is 2.29. The maximum atomic E-state index is 9.03. The lowest BCUT2D eigenvalue weighted by Crippen LogP contribution is -2.37. The van der Waals surface area contributed by atoms with Gasteiger partial charge >= 0.3 is 0 Å². The second kappa shape index (κ2) is 10.7. The van der Waals surface area contributed by atoms with Crippen molar-refractivity contribution in [2.75, 3.05) is 13.2 Å². The summed E-state index contributed by atoms with van der Waals surface area (Å²) in [7, 11) is 0. The predicted octanol–water partition coefficient (Wildman–Crippen LogP) is 6.25. The van der Waals surface area contributed by atoms with Gasteiger partial charge in [-0.2, -0.15) is 0 Å². The van der Waals surface area contributed by atoms with Gasteiger partial charge in [0.15, 0.2) is 0 Å². The van der Waals surface area contributed by atoms with Crippen molar-refractivity contribution in [2.45, 2.75) is 51.0 Å². The van der Waals surface area contributed by atoms with Gasteiger partial charge in [-0.25, -0.2) is 0 Å². The summed E-state index contributed by atoms with van der Waals surface area (Å²) in [6.07, 6.45) is 0. The molecule has 0 aliphatic carbocycles. The van der Waals surface area contributed by atoms with E-state index in [4.69, 9.17) is 20.5 Å². The Bertz CT molecular complexity index is 813. The minimum Gasteiger partial charge on any atom is -0.370 e. The summed E-state index contributed by atoms with van der Waals surface area (Å²) in [6.45, 7) is 7.93. The fraction of sp³-hybridized carbons (Fsp3) is 0.455. The van der Waals surface area contributed by atoms with Crippen LogP contribution in [-0.2, 0) is 20.7 Å². The first-order valence-corrected chi connectivity index (χ1v) is 9.77. The number of hydrogen-bond donors (Lipinski definition) is 0. The topological polar surface area (TPSA) is 116 Å². The summed E-state index contributed by atoms with van der Waals surface area (Å²) < 4.78 is 12.1. The Kier molecular flexibility index (Phi) is 8.27. The number of hydrogen-bond acceptors (Lipinski definition) is 4. The molecule has 158 valence electrons. The van der Waals surface area contributed by atoms with Crippen molar-refractivity contribution < 1.29 is 9.47 Å². The van der Waals surface area contributed by atoms with Gasteiger partial charge in [0.2, 0.25) is 0 Å². The zero-order valence-corrected chi connectivity index (χ0v) is 17.8. The molecular formula is C22H28N6O2. The van der Waals surface area contributed by atoms with Crippen molar-refractivity contribution in [2.24, 2.45) is 10.2 Å². The van der Waals surface area contributed by atoms with Crippen LogP contribution in [0.25, 0.3) is 20.9 Å². The average Bonchev–Trinajstić information content (AvgIpc) is 2.75. The van der Waals surface area contributed by atoms with Gasteiger partial charge in [-0.1, -0.05) is 70.9 Å². The number of rotatable bonds is 11. The lowest BCUT2D eigenvalue weighted by molar-refractivity contribution is -0.0520. The van der Waals surface area contributed by atoms with Crippen LogP contribution in [0.15, 0.2) is 70.9 Å². The van der Waals surface area contributed by atoms with Crippen LogP contribution >= 0.6 is 0 Å². The summed E-state index contributed by atoms with van der Waals surface area (Å²) in [6, 6.07) is 18.1. The first kappa shape index (κ1) is 23.3. The molecule has 0 fully saturated rings. The van der Waals surface area contributed by atoms with Gasteiger partial charge in [-0.15, -0.1) is 0 Å². The first-order chi connectivity index (χ1) is 14.3. The quantitative estimate of drug-likeness (QED) is 0.248. The molecule has 0 radical (unpaired) electrons. The van der Waals surface area contributed by atoms with Crippen molar-refractivity contribution in [3.63, 3.8) is 0 Å². The Morgan fingerprint density at radius 2 is 1.03 bits per heavy atom. The van der Waals surface area contributed by atoms with Gasteiger partial charge in [-0.3, -0.25) is 0 Å². The monoisotopic (exact) mass is 408 g/mol. The largest absolute Gasteiger partial charge is 0.370 e. The van der Waals surface area contributed by atoms with Gasteiger partial charge in [0.1, 0.15) is 0 Å². The van der Waals surface area contributed by atoms with E-state index in [1.807, 2.05) is 88.4 Å². The summed E-state index contributed by atoms with van der Waals surface area (Å²) >= 11 is 0. The molecule has 0 bridgehead atoms. The van der Waals surface area contributed by atoms with Crippen molar-refractivity contribution in [1.29, 1.82) is 0 Å². The summed E-state index contributed by atoms with van der Waals surface area (Å²) in [4.78, 5) is 5.84. The van der Waals surface area contributed by atoms with E-state index >= 15 is 0 Å². The van der Waals surface area contributed by atoms with E-state index < -0.39 is 23.3 Å². The highest BCUT2D eigenvalue weighted by Crippen LogP contribution is 2.27. The Morgan fingerprint density at radius 3 is 1.33 bits per heavy atom. The summed E-state index contributed by atoms with van der Waals surface area (Å²) in [5.74, 6) is 0. The molecule has 8 nitrogen and oxygen atoms in total. The molecule has 2 aromatic carbocycles. The molecule has 0 heterocycles. The highest BCUT2D eigenvalue weighted by atomic mass is 16.5. The molecule has 8 heteroatoms. The van der Waals surface area contributed by atoms with E-state index in [1.165, 1.54) is 0 Å². The number of ether oxygens (including phenoxy) is 2. The molecule has 0 aliphatic rings. The second-order valence-electron chi connectivity index (χ2n) is 7.92. The maximum Gasteiger partial charge on any atom is 0.0875 e. The van der Waals surface area contributed by atoms with E-state index in [9.17, 15) is 0 Å². The smallest absolute Gasteiger partial charge is 0.0875 e. The third kappa shape index (κ3) is 6.51. The zero-order valence-electron chi connectivity index (χ0n) is 17.8. The molecule has 0 aromatic heterocycles. The third-order valence-electron chi connectivity index (χ3n) is 5.01. The fourth-order valence-electron chi connectivity index (χ4n) is 3.01.